The first-order chi connectivity index (χ1) is 9.84. The molecule has 1 aliphatic heterocycles. The first kappa shape index (κ1) is 16.4. The van der Waals surface area contributed by atoms with Crippen molar-refractivity contribution in [3.8, 4) is 0 Å². The number of thioether (sulfide) groups is 1. The molecular formula is C17H26N2OS. The van der Waals surface area contributed by atoms with Crippen molar-refractivity contribution in [2.75, 3.05) is 18.4 Å². The predicted octanol–water partition coefficient (Wildman–Crippen LogP) is 4.00. The van der Waals surface area contributed by atoms with Gasteiger partial charge >= 0.3 is 0 Å². The van der Waals surface area contributed by atoms with Gasteiger partial charge in [-0.15, -0.1) is 11.8 Å². The average Bonchev–Trinajstić information content (AvgIpc) is 2.40. The molecule has 1 aliphatic rings. The Hall–Kier alpha value is -1.00. The molecule has 0 saturated carbocycles. The van der Waals surface area contributed by atoms with Crippen LogP contribution in [0.15, 0.2) is 29.2 Å². The molecule has 3 nitrogen and oxygen atoms in total. The highest BCUT2D eigenvalue weighted by Crippen LogP contribution is 2.32. The first-order valence-corrected chi connectivity index (χ1v) is 8.52. The van der Waals surface area contributed by atoms with E-state index in [9.17, 15) is 4.79 Å². The molecule has 1 saturated heterocycles. The van der Waals surface area contributed by atoms with E-state index in [1.807, 2.05) is 23.9 Å². The van der Waals surface area contributed by atoms with Crippen LogP contribution in [-0.4, -0.2) is 34.7 Å². The zero-order chi connectivity index (χ0) is 15.5. The number of likely N-dealkylation sites (tertiary alicyclic amines) is 1. The second-order valence-corrected chi connectivity index (χ2v) is 8.05. The molecule has 0 aliphatic carbocycles. The van der Waals surface area contributed by atoms with Crippen molar-refractivity contribution in [3.63, 3.8) is 0 Å². The van der Waals surface area contributed by atoms with Crippen LogP contribution >= 0.6 is 11.8 Å². The second-order valence-electron chi connectivity index (χ2n) is 6.68. The number of anilines is 1. The number of amides is 1. The molecule has 1 amide bonds. The fourth-order valence-electron chi connectivity index (χ4n) is 2.66. The molecule has 1 heterocycles. The first-order valence-electron chi connectivity index (χ1n) is 7.64. The minimum absolute atomic E-state index is 0.0232. The van der Waals surface area contributed by atoms with Crippen LogP contribution in [0.3, 0.4) is 0 Å². The molecule has 21 heavy (non-hydrogen) atoms. The van der Waals surface area contributed by atoms with E-state index < -0.39 is 0 Å². The smallest absolute Gasteiger partial charge is 0.221 e. The van der Waals surface area contributed by atoms with Gasteiger partial charge in [0.25, 0.3) is 0 Å². The van der Waals surface area contributed by atoms with Gasteiger partial charge in [0, 0.05) is 28.3 Å². The highest BCUT2D eigenvalue weighted by atomic mass is 32.2. The number of benzene rings is 1. The minimum Gasteiger partial charge on any atom is -0.326 e. The van der Waals surface area contributed by atoms with E-state index >= 15 is 0 Å². The van der Waals surface area contributed by atoms with E-state index in [0.29, 0.717) is 5.25 Å². The number of carbonyl (C=O) groups excluding carboxylic acids is 1. The SMILES string of the molecule is CC(=O)Nc1ccc(SC2CCN(C(C)(C)C)CC2)cc1. The number of hydrogen-bond acceptors (Lipinski definition) is 3. The molecule has 0 aromatic heterocycles. The van der Waals surface area contributed by atoms with Gasteiger partial charge in [-0.2, -0.15) is 0 Å². The van der Waals surface area contributed by atoms with Crippen LogP contribution in [0.25, 0.3) is 0 Å². The van der Waals surface area contributed by atoms with E-state index in [0.717, 1.165) is 5.69 Å². The van der Waals surface area contributed by atoms with Crippen LogP contribution in [0.5, 0.6) is 0 Å². The van der Waals surface area contributed by atoms with Crippen molar-refractivity contribution in [3.05, 3.63) is 24.3 Å². The maximum atomic E-state index is 11.0. The van der Waals surface area contributed by atoms with Gasteiger partial charge in [0.1, 0.15) is 0 Å². The Morgan fingerprint density at radius 3 is 2.24 bits per heavy atom. The number of hydrogen-bond donors (Lipinski definition) is 1. The topological polar surface area (TPSA) is 32.3 Å². The molecule has 0 radical (unpaired) electrons. The van der Waals surface area contributed by atoms with Crippen LogP contribution < -0.4 is 5.32 Å². The molecule has 2 rings (SSSR count). The molecule has 1 fully saturated rings. The van der Waals surface area contributed by atoms with Gasteiger partial charge in [0.05, 0.1) is 0 Å². The Bertz CT molecular complexity index is 471. The normalized spacial score (nSPS) is 17.7. The van der Waals surface area contributed by atoms with Crippen molar-refractivity contribution in [1.29, 1.82) is 0 Å². The zero-order valence-electron chi connectivity index (χ0n) is 13.5. The standard InChI is InChI=1S/C17H26N2OS/c1-13(20)18-14-5-7-15(8-6-14)21-16-9-11-19(12-10-16)17(2,3)4/h5-8,16H,9-12H2,1-4H3,(H,18,20). The van der Waals surface area contributed by atoms with Crippen LogP contribution in [0, 0.1) is 0 Å². The summed E-state index contributed by atoms with van der Waals surface area (Å²) in [4.78, 5) is 14.9. The van der Waals surface area contributed by atoms with E-state index in [4.69, 9.17) is 0 Å². The fraction of sp³-hybridized carbons (Fsp3) is 0.588. The van der Waals surface area contributed by atoms with Crippen molar-refractivity contribution < 1.29 is 4.79 Å². The number of piperidine rings is 1. The zero-order valence-corrected chi connectivity index (χ0v) is 14.3. The molecule has 0 atom stereocenters. The van der Waals surface area contributed by atoms with Gasteiger partial charge in [-0.3, -0.25) is 9.69 Å². The highest BCUT2D eigenvalue weighted by Gasteiger charge is 2.27. The van der Waals surface area contributed by atoms with E-state index in [1.54, 1.807) is 0 Å². The Morgan fingerprint density at radius 1 is 1.19 bits per heavy atom. The molecule has 0 spiro atoms. The molecule has 1 aromatic rings. The predicted molar refractivity (Wildman–Crippen MR) is 91.0 cm³/mol. The molecule has 0 unspecified atom stereocenters. The number of nitrogens with zero attached hydrogens (tertiary/aromatic N) is 1. The third kappa shape index (κ3) is 5.04. The maximum Gasteiger partial charge on any atom is 0.221 e. The van der Waals surface area contributed by atoms with Crippen molar-refractivity contribution in [2.45, 2.75) is 56.2 Å². The lowest BCUT2D eigenvalue weighted by molar-refractivity contribution is -0.114. The largest absolute Gasteiger partial charge is 0.326 e. The van der Waals surface area contributed by atoms with Gasteiger partial charge in [-0.05, 0) is 71.0 Å². The molecular weight excluding hydrogens is 280 g/mol. The summed E-state index contributed by atoms with van der Waals surface area (Å²) in [6.45, 7) is 10.8. The van der Waals surface area contributed by atoms with Gasteiger partial charge < -0.3 is 5.32 Å². The highest BCUT2D eigenvalue weighted by molar-refractivity contribution is 8.00. The summed E-state index contributed by atoms with van der Waals surface area (Å²) in [7, 11) is 0. The fourth-order valence-corrected chi connectivity index (χ4v) is 3.78. The average molecular weight is 306 g/mol. The van der Waals surface area contributed by atoms with Gasteiger partial charge in [0.15, 0.2) is 0 Å². The second kappa shape index (κ2) is 6.84. The van der Waals surface area contributed by atoms with E-state index in [2.05, 4.69) is 43.1 Å². The van der Waals surface area contributed by atoms with Crippen LogP contribution in [0.4, 0.5) is 5.69 Å². The lowest BCUT2D eigenvalue weighted by Crippen LogP contribution is -2.46. The monoisotopic (exact) mass is 306 g/mol. The third-order valence-corrected chi connectivity index (χ3v) is 5.22. The maximum absolute atomic E-state index is 11.0. The number of carbonyl (C=O) groups is 1. The van der Waals surface area contributed by atoms with Crippen LogP contribution in [0.2, 0.25) is 0 Å². The molecule has 1 aromatic carbocycles. The summed E-state index contributed by atoms with van der Waals surface area (Å²) >= 11 is 1.97. The van der Waals surface area contributed by atoms with Crippen molar-refractivity contribution >= 4 is 23.4 Å². The summed E-state index contributed by atoms with van der Waals surface area (Å²) in [5.41, 5.74) is 1.16. The Labute approximate surface area is 132 Å². The van der Waals surface area contributed by atoms with Crippen molar-refractivity contribution in [1.82, 2.24) is 4.90 Å². The lowest BCUT2D eigenvalue weighted by Gasteiger charge is -2.40. The number of rotatable bonds is 3. The molecule has 0 bridgehead atoms. The molecule has 4 heteroatoms. The third-order valence-electron chi connectivity index (χ3n) is 3.87. The summed E-state index contributed by atoms with van der Waals surface area (Å²) in [6.07, 6.45) is 2.49. The van der Waals surface area contributed by atoms with Crippen molar-refractivity contribution in [2.24, 2.45) is 0 Å². The Morgan fingerprint density at radius 2 is 1.76 bits per heavy atom. The van der Waals surface area contributed by atoms with E-state index in [1.165, 1.54) is 37.8 Å². The quantitative estimate of drug-likeness (QED) is 0.916. The minimum atomic E-state index is -0.0232. The lowest BCUT2D eigenvalue weighted by atomic mass is 10.0. The number of nitrogens with one attached hydrogen (secondary N) is 1. The van der Waals surface area contributed by atoms with Crippen LogP contribution in [0.1, 0.15) is 40.5 Å². The van der Waals surface area contributed by atoms with Gasteiger partial charge in [-0.25, -0.2) is 0 Å². The molecule has 1 N–H and O–H groups in total. The summed E-state index contributed by atoms with van der Waals surface area (Å²) in [5.74, 6) is -0.0232. The summed E-state index contributed by atoms with van der Waals surface area (Å²) in [6, 6.07) is 8.17. The van der Waals surface area contributed by atoms with Gasteiger partial charge in [0.2, 0.25) is 5.91 Å². The summed E-state index contributed by atoms with van der Waals surface area (Å²) in [5, 5.41) is 3.51. The Balaban J connectivity index is 1.85. The van der Waals surface area contributed by atoms with E-state index in [-0.39, 0.29) is 11.4 Å². The summed E-state index contributed by atoms with van der Waals surface area (Å²) < 4.78 is 0. The van der Waals surface area contributed by atoms with Crippen LogP contribution in [-0.2, 0) is 4.79 Å². The Kier molecular flexibility index (Phi) is 5.33. The molecule has 116 valence electrons. The van der Waals surface area contributed by atoms with Gasteiger partial charge in [-0.1, -0.05) is 0 Å².